The monoisotopic (exact) mass is 307 g/mol. The molecule has 1 aliphatic rings. The predicted molar refractivity (Wildman–Crippen MR) is 86.4 cm³/mol. The van der Waals surface area contributed by atoms with E-state index in [1.54, 1.807) is 4.68 Å². The summed E-state index contributed by atoms with van der Waals surface area (Å²) in [5.41, 5.74) is 1.10. The van der Waals surface area contributed by atoms with Gasteiger partial charge in [-0.2, -0.15) is 5.10 Å². The number of carbonyl (C=O) groups is 1. The van der Waals surface area contributed by atoms with Gasteiger partial charge in [-0.3, -0.25) is 9.48 Å². The van der Waals surface area contributed by atoms with Crippen molar-refractivity contribution in [1.29, 1.82) is 0 Å². The van der Waals surface area contributed by atoms with Crippen LogP contribution in [-0.2, 0) is 16.6 Å². The molecule has 124 valence electrons. The standard InChI is InChI=1S/C17H29N3O2/c1-3-4-5-6-7-8-17(21)19-15-9-10-22-16(11-15)14-12-18-20(2)13-14/h12-13,15-16H,3-11H2,1-2H3,(H,19,21)/t15-,16+/m1/s1. The van der Waals surface area contributed by atoms with E-state index in [4.69, 9.17) is 4.74 Å². The third-order valence-electron chi connectivity index (χ3n) is 4.25. The van der Waals surface area contributed by atoms with Gasteiger partial charge in [0.15, 0.2) is 0 Å². The van der Waals surface area contributed by atoms with Crippen molar-refractivity contribution in [3.63, 3.8) is 0 Å². The summed E-state index contributed by atoms with van der Waals surface area (Å²) in [4.78, 5) is 12.0. The maximum Gasteiger partial charge on any atom is 0.220 e. The summed E-state index contributed by atoms with van der Waals surface area (Å²) in [6.07, 6.45) is 12.2. The lowest BCUT2D eigenvalue weighted by Gasteiger charge is -2.29. The van der Waals surface area contributed by atoms with Gasteiger partial charge in [-0.25, -0.2) is 0 Å². The van der Waals surface area contributed by atoms with Gasteiger partial charge in [0.2, 0.25) is 5.91 Å². The van der Waals surface area contributed by atoms with Gasteiger partial charge in [0, 0.05) is 37.9 Å². The number of amides is 1. The summed E-state index contributed by atoms with van der Waals surface area (Å²) in [6, 6.07) is 0.224. The molecular formula is C17H29N3O2. The minimum Gasteiger partial charge on any atom is -0.373 e. The van der Waals surface area contributed by atoms with Crippen molar-refractivity contribution in [2.45, 2.75) is 70.4 Å². The van der Waals surface area contributed by atoms with Crippen LogP contribution in [0.15, 0.2) is 12.4 Å². The number of hydrogen-bond acceptors (Lipinski definition) is 3. The molecule has 5 heteroatoms. The second kappa shape index (κ2) is 8.93. The molecule has 2 atom stereocenters. The smallest absolute Gasteiger partial charge is 0.220 e. The number of unbranched alkanes of at least 4 members (excludes halogenated alkanes) is 4. The van der Waals surface area contributed by atoms with Crippen LogP contribution in [0.2, 0.25) is 0 Å². The average Bonchev–Trinajstić information content (AvgIpc) is 2.94. The number of carbonyl (C=O) groups excluding carboxylic acids is 1. The summed E-state index contributed by atoms with van der Waals surface area (Å²) >= 11 is 0. The van der Waals surface area contributed by atoms with Crippen molar-refractivity contribution in [2.24, 2.45) is 7.05 Å². The highest BCUT2D eigenvalue weighted by Crippen LogP contribution is 2.27. The number of rotatable bonds is 8. The van der Waals surface area contributed by atoms with Gasteiger partial charge in [-0.15, -0.1) is 0 Å². The molecule has 0 bridgehead atoms. The average molecular weight is 307 g/mol. The Bertz CT molecular complexity index is 459. The number of aryl methyl sites for hydroxylation is 1. The van der Waals surface area contributed by atoms with Gasteiger partial charge < -0.3 is 10.1 Å². The van der Waals surface area contributed by atoms with E-state index in [9.17, 15) is 4.79 Å². The van der Waals surface area contributed by atoms with Gasteiger partial charge in [-0.1, -0.05) is 32.6 Å². The highest BCUT2D eigenvalue weighted by Gasteiger charge is 2.25. The molecule has 1 saturated heterocycles. The molecule has 2 rings (SSSR count). The first-order chi connectivity index (χ1) is 10.7. The van der Waals surface area contributed by atoms with Crippen molar-refractivity contribution in [1.82, 2.24) is 15.1 Å². The Morgan fingerprint density at radius 3 is 2.95 bits per heavy atom. The molecule has 5 nitrogen and oxygen atoms in total. The number of nitrogens with zero attached hydrogens (tertiary/aromatic N) is 2. The first-order valence-electron chi connectivity index (χ1n) is 8.58. The van der Waals surface area contributed by atoms with E-state index < -0.39 is 0 Å². The van der Waals surface area contributed by atoms with Gasteiger partial charge in [0.25, 0.3) is 0 Å². The highest BCUT2D eigenvalue weighted by atomic mass is 16.5. The lowest BCUT2D eigenvalue weighted by molar-refractivity contribution is -0.123. The summed E-state index contributed by atoms with van der Waals surface area (Å²) in [7, 11) is 1.91. The topological polar surface area (TPSA) is 56.1 Å². The lowest BCUT2D eigenvalue weighted by Crippen LogP contribution is -2.39. The van der Waals surface area contributed by atoms with Gasteiger partial charge in [-0.05, 0) is 19.3 Å². The number of hydrogen-bond donors (Lipinski definition) is 1. The van der Waals surface area contributed by atoms with Crippen molar-refractivity contribution in [2.75, 3.05) is 6.61 Å². The summed E-state index contributed by atoms with van der Waals surface area (Å²) in [5.74, 6) is 0.188. The van der Waals surface area contributed by atoms with E-state index in [-0.39, 0.29) is 18.1 Å². The Balaban J connectivity index is 1.70. The molecule has 1 aromatic heterocycles. The Morgan fingerprint density at radius 2 is 2.23 bits per heavy atom. The molecule has 0 aliphatic carbocycles. The second-order valence-electron chi connectivity index (χ2n) is 6.26. The predicted octanol–water partition coefficient (Wildman–Crippen LogP) is 3.12. The van der Waals surface area contributed by atoms with E-state index in [2.05, 4.69) is 17.3 Å². The summed E-state index contributed by atoms with van der Waals surface area (Å²) in [6.45, 7) is 2.90. The Morgan fingerprint density at radius 1 is 1.41 bits per heavy atom. The number of nitrogens with one attached hydrogen (secondary N) is 1. The van der Waals surface area contributed by atoms with Crippen LogP contribution in [-0.4, -0.2) is 28.3 Å². The normalized spacial score (nSPS) is 21.7. The van der Waals surface area contributed by atoms with Crippen LogP contribution in [0, 0.1) is 0 Å². The molecule has 1 N–H and O–H groups in total. The minimum atomic E-state index is 0.0531. The Hall–Kier alpha value is -1.36. The molecule has 2 heterocycles. The third kappa shape index (κ3) is 5.44. The van der Waals surface area contributed by atoms with E-state index >= 15 is 0 Å². The van der Waals surface area contributed by atoms with Crippen molar-refractivity contribution < 1.29 is 9.53 Å². The minimum absolute atomic E-state index is 0.0531. The van der Waals surface area contributed by atoms with Crippen LogP contribution < -0.4 is 5.32 Å². The molecule has 1 amide bonds. The van der Waals surface area contributed by atoms with Gasteiger partial charge in [0.05, 0.1) is 12.3 Å². The zero-order valence-electron chi connectivity index (χ0n) is 13.9. The quantitative estimate of drug-likeness (QED) is 0.751. The second-order valence-corrected chi connectivity index (χ2v) is 6.26. The number of aromatic nitrogens is 2. The van der Waals surface area contributed by atoms with Crippen LogP contribution in [0.1, 0.15) is 70.0 Å². The molecule has 1 aromatic rings. The molecule has 1 fully saturated rings. The summed E-state index contributed by atoms with van der Waals surface area (Å²) < 4.78 is 7.60. The van der Waals surface area contributed by atoms with Crippen LogP contribution in [0.5, 0.6) is 0 Å². The zero-order valence-corrected chi connectivity index (χ0v) is 13.9. The van der Waals surface area contributed by atoms with Crippen LogP contribution in [0.3, 0.4) is 0 Å². The largest absolute Gasteiger partial charge is 0.373 e. The third-order valence-corrected chi connectivity index (χ3v) is 4.25. The van der Waals surface area contributed by atoms with Gasteiger partial charge in [0.1, 0.15) is 0 Å². The highest BCUT2D eigenvalue weighted by molar-refractivity contribution is 5.76. The van der Waals surface area contributed by atoms with E-state index in [0.29, 0.717) is 13.0 Å². The molecule has 1 aliphatic heterocycles. The fourth-order valence-corrected chi connectivity index (χ4v) is 2.96. The molecule has 22 heavy (non-hydrogen) atoms. The molecule has 0 spiro atoms. The van der Waals surface area contributed by atoms with Crippen LogP contribution in [0.4, 0.5) is 0 Å². The molecule has 0 aromatic carbocycles. The van der Waals surface area contributed by atoms with E-state index in [1.165, 1.54) is 19.3 Å². The Kier molecular flexibility index (Phi) is 6.90. The van der Waals surface area contributed by atoms with Crippen molar-refractivity contribution in [3.8, 4) is 0 Å². The Labute approximate surface area is 133 Å². The van der Waals surface area contributed by atoms with Crippen LogP contribution >= 0.6 is 0 Å². The number of ether oxygens (including phenoxy) is 1. The van der Waals surface area contributed by atoms with E-state index in [1.807, 2.05) is 19.4 Å². The first-order valence-corrected chi connectivity index (χ1v) is 8.58. The van der Waals surface area contributed by atoms with Crippen molar-refractivity contribution in [3.05, 3.63) is 18.0 Å². The molecule has 0 unspecified atom stereocenters. The van der Waals surface area contributed by atoms with E-state index in [0.717, 1.165) is 31.2 Å². The maximum atomic E-state index is 12.0. The molecule has 0 saturated carbocycles. The van der Waals surface area contributed by atoms with Crippen molar-refractivity contribution >= 4 is 5.91 Å². The lowest BCUT2D eigenvalue weighted by atomic mass is 9.99. The maximum absolute atomic E-state index is 12.0. The van der Waals surface area contributed by atoms with Gasteiger partial charge >= 0.3 is 0 Å². The van der Waals surface area contributed by atoms with Crippen LogP contribution in [0.25, 0.3) is 0 Å². The zero-order chi connectivity index (χ0) is 15.8. The fourth-order valence-electron chi connectivity index (χ4n) is 2.96. The SMILES string of the molecule is CCCCCCCC(=O)N[C@@H]1CCO[C@H](c2cnn(C)c2)C1. The first kappa shape index (κ1) is 17.0. The fraction of sp³-hybridized carbons (Fsp3) is 0.765. The molecule has 0 radical (unpaired) electrons. The molecular weight excluding hydrogens is 278 g/mol. The summed E-state index contributed by atoms with van der Waals surface area (Å²) in [5, 5.41) is 7.36.